The average molecular weight is 269 g/mol. The Morgan fingerprint density at radius 3 is 2.63 bits per heavy atom. The highest BCUT2D eigenvalue weighted by Crippen LogP contribution is 2.20. The molecular formula is C13H17F2N3O. The Balaban J connectivity index is 1.87. The maximum Gasteiger partial charge on any atom is 0.387 e. The number of alkyl halides is 2. The number of aryl methyl sites for hydroxylation is 1. The number of hydrogen-bond donors (Lipinski definition) is 2. The number of aliphatic imine (C=N–C) groups is 1. The molecular weight excluding hydrogens is 252 g/mol. The van der Waals surface area contributed by atoms with Crippen LogP contribution < -0.4 is 15.8 Å². The predicted octanol–water partition coefficient (Wildman–Crippen LogP) is 1.90. The van der Waals surface area contributed by atoms with Crippen molar-refractivity contribution in [2.24, 2.45) is 10.7 Å². The highest BCUT2D eigenvalue weighted by Gasteiger charge is 2.28. The summed E-state index contributed by atoms with van der Waals surface area (Å²) in [6, 6.07) is 6.69. The van der Waals surface area contributed by atoms with E-state index in [0.29, 0.717) is 12.5 Å². The molecule has 0 aliphatic carbocycles. The van der Waals surface area contributed by atoms with Gasteiger partial charge in [-0.05, 0) is 37.5 Å². The first-order valence-electron chi connectivity index (χ1n) is 6.09. The van der Waals surface area contributed by atoms with Crippen LogP contribution in [-0.4, -0.2) is 24.7 Å². The summed E-state index contributed by atoms with van der Waals surface area (Å²) in [5.74, 6) is 0.653. The highest BCUT2D eigenvalue weighted by atomic mass is 19.3. The topological polar surface area (TPSA) is 59.6 Å². The van der Waals surface area contributed by atoms with Gasteiger partial charge >= 0.3 is 6.61 Å². The minimum Gasteiger partial charge on any atom is -0.435 e. The van der Waals surface area contributed by atoms with Gasteiger partial charge in [-0.2, -0.15) is 8.78 Å². The van der Waals surface area contributed by atoms with Gasteiger partial charge < -0.3 is 15.8 Å². The van der Waals surface area contributed by atoms with Crippen molar-refractivity contribution in [2.75, 3.05) is 6.54 Å². The fourth-order valence-corrected chi connectivity index (χ4v) is 2.05. The van der Waals surface area contributed by atoms with E-state index in [4.69, 9.17) is 5.73 Å². The van der Waals surface area contributed by atoms with Crippen LogP contribution in [0.4, 0.5) is 8.78 Å². The third-order valence-electron chi connectivity index (χ3n) is 3.14. The van der Waals surface area contributed by atoms with Gasteiger partial charge in [-0.3, -0.25) is 4.99 Å². The van der Waals surface area contributed by atoms with Crippen molar-refractivity contribution in [3.63, 3.8) is 0 Å². The highest BCUT2D eigenvalue weighted by molar-refractivity contribution is 5.80. The second-order valence-electron chi connectivity index (χ2n) is 4.91. The molecule has 0 spiro atoms. The van der Waals surface area contributed by atoms with Crippen molar-refractivity contribution in [2.45, 2.75) is 31.9 Å². The maximum absolute atomic E-state index is 12.0. The molecule has 0 fully saturated rings. The van der Waals surface area contributed by atoms with E-state index in [0.717, 1.165) is 18.4 Å². The molecule has 1 aromatic rings. The van der Waals surface area contributed by atoms with Crippen molar-refractivity contribution in [3.8, 4) is 5.75 Å². The van der Waals surface area contributed by atoms with Gasteiger partial charge in [-0.25, -0.2) is 0 Å². The van der Waals surface area contributed by atoms with Crippen molar-refractivity contribution >= 4 is 5.96 Å². The number of benzene rings is 1. The lowest BCUT2D eigenvalue weighted by Gasteiger charge is -2.24. The molecule has 2 rings (SSSR count). The Kier molecular flexibility index (Phi) is 3.87. The Morgan fingerprint density at radius 1 is 1.42 bits per heavy atom. The van der Waals surface area contributed by atoms with Crippen LogP contribution in [0.2, 0.25) is 0 Å². The van der Waals surface area contributed by atoms with E-state index in [-0.39, 0.29) is 11.3 Å². The lowest BCUT2D eigenvalue weighted by Crippen LogP contribution is -2.45. The van der Waals surface area contributed by atoms with Crippen LogP contribution >= 0.6 is 0 Å². The minimum atomic E-state index is -2.78. The molecule has 6 heteroatoms. The average Bonchev–Trinajstić information content (AvgIpc) is 2.68. The fraction of sp³-hybridized carbons (Fsp3) is 0.462. The summed E-state index contributed by atoms with van der Waals surface area (Å²) in [6.45, 7) is -0.0664. The molecule has 4 nitrogen and oxygen atoms in total. The molecule has 1 heterocycles. The van der Waals surface area contributed by atoms with Crippen LogP contribution in [0.15, 0.2) is 29.3 Å². The standard InChI is InChI=1S/C13H17F2N3O/c1-13(8-17-12(16)18-13)7-6-9-2-4-10(5-3-9)19-11(14)15/h2-5,11H,6-8H2,1H3,(H3,16,17,18). The molecule has 0 radical (unpaired) electrons. The number of guanidine groups is 1. The monoisotopic (exact) mass is 269 g/mol. The first-order valence-corrected chi connectivity index (χ1v) is 6.09. The van der Waals surface area contributed by atoms with Gasteiger partial charge in [0, 0.05) is 0 Å². The minimum absolute atomic E-state index is 0.123. The van der Waals surface area contributed by atoms with Gasteiger partial charge in [0.15, 0.2) is 5.96 Å². The van der Waals surface area contributed by atoms with Crippen molar-refractivity contribution < 1.29 is 13.5 Å². The van der Waals surface area contributed by atoms with Crippen LogP contribution in [0.1, 0.15) is 18.9 Å². The summed E-state index contributed by atoms with van der Waals surface area (Å²) in [4.78, 5) is 4.13. The van der Waals surface area contributed by atoms with Gasteiger partial charge in [0.05, 0.1) is 12.1 Å². The zero-order chi connectivity index (χ0) is 13.9. The molecule has 3 N–H and O–H groups in total. The molecule has 1 aliphatic heterocycles. The first kappa shape index (κ1) is 13.6. The van der Waals surface area contributed by atoms with Gasteiger partial charge in [0.2, 0.25) is 0 Å². The summed E-state index contributed by atoms with van der Waals surface area (Å²) in [6.07, 6.45) is 1.69. The molecule has 1 aromatic carbocycles. The van der Waals surface area contributed by atoms with E-state index in [1.54, 1.807) is 24.3 Å². The number of ether oxygens (including phenoxy) is 1. The van der Waals surface area contributed by atoms with Crippen molar-refractivity contribution in [1.82, 2.24) is 5.32 Å². The normalized spacial score (nSPS) is 22.2. The smallest absolute Gasteiger partial charge is 0.387 e. The van der Waals surface area contributed by atoms with E-state index in [2.05, 4.69) is 22.0 Å². The predicted molar refractivity (Wildman–Crippen MR) is 69.4 cm³/mol. The fourth-order valence-electron chi connectivity index (χ4n) is 2.05. The summed E-state index contributed by atoms with van der Waals surface area (Å²) in [5.41, 5.74) is 6.54. The van der Waals surface area contributed by atoms with Gasteiger partial charge in [-0.15, -0.1) is 0 Å². The third kappa shape index (κ3) is 3.81. The van der Waals surface area contributed by atoms with Crippen LogP contribution in [0.25, 0.3) is 0 Å². The van der Waals surface area contributed by atoms with Gasteiger partial charge in [0.1, 0.15) is 5.75 Å². The van der Waals surface area contributed by atoms with Crippen molar-refractivity contribution in [3.05, 3.63) is 29.8 Å². The molecule has 0 aromatic heterocycles. The zero-order valence-corrected chi connectivity index (χ0v) is 10.7. The molecule has 0 amide bonds. The summed E-state index contributed by atoms with van der Waals surface area (Å²) in [7, 11) is 0. The number of hydrogen-bond acceptors (Lipinski definition) is 4. The maximum atomic E-state index is 12.0. The Morgan fingerprint density at radius 2 is 2.11 bits per heavy atom. The number of nitrogens with one attached hydrogen (secondary N) is 1. The van der Waals surface area contributed by atoms with Crippen LogP contribution in [0.5, 0.6) is 5.75 Å². The molecule has 0 saturated carbocycles. The molecule has 1 unspecified atom stereocenters. The Bertz CT molecular complexity index is 461. The van der Waals surface area contributed by atoms with Gasteiger partial charge in [0.25, 0.3) is 0 Å². The second-order valence-corrected chi connectivity index (χ2v) is 4.91. The number of nitrogens with two attached hydrogens (primary N) is 1. The zero-order valence-electron chi connectivity index (χ0n) is 10.7. The van der Waals surface area contributed by atoms with E-state index >= 15 is 0 Å². The Labute approximate surface area is 110 Å². The van der Waals surface area contributed by atoms with E-state index in [9.17, 15) is 8.78 Å². The second kappa shape index (κ2) is 5.42. The van der Waals surface area contributed by atoms with E-state index in [1.807, 2.05) is 0 Å². The third-order valence-corrected chi connectivity index (χ3v) is 3.14. The van der Waals surface area contributed by atoms with Crippen LogP contribution in [-0.2, 0) is 6.42 Å². The van der Waals surface area contributed by atoms with E-state index < -0.39 is 6.61 Å². The van der Waals surface area contributed by atoms with Crippen molar-refractivity contribution in [1.29, 1.82) is 0 Å². The Hall–Kier alpha value is -1.85. The number of rotatable bonds is 5. The first-order chi connectivity index (χ1) is 8.97. The summed E-state index contributed by atoms with van der Waals surface area (Å²) in [5, 5.41) is 3.14. The molecule has 0 bridgehead atoms. The molecule has 1 atom stereocenters. The number of halogens is 2. The van der Waals surface area contributed by atoms with E-state index in [1.165, 1.54) is 0 Å². The lowest BCUT2D eigenvalue weighted by atomic mass is 9.94. The molecule has 1 aliphatic rings. The lowest BCUT2D eigenvalue weighted by molar-refractivity contribution is -0.0498. The summed E-state index contributed by atoms with van der Waals surface area (Å²) < 4.78 is 28.3. The molecule has 104 valence electrons. The summed E-state index contributed by atoms with van der Waals surface area (Å²) >= 11 is 0. The molecule has 0 saturated heterocycles. The molecule has 19 heavy (non-hydrogen) atoms. The van der Waals surface area contributed by atoms with Crippen LogP contribution in [0, 0.1) is 0 Å². The largest absolute Gasteiger partial charge is 0.435 e. The van der Waals surface area contributed by atoms with Gasteiger partial charge in [-0.1, -0.05) is 12.1 Å². The number of nitrogens with zero attached hydrogens (tertiary/aromatic N) is 1. The quantitative estimate of drug-likeness (QED) is 0.858. The van der Waals surface area contributed by atoms with Crippen LogP contribution in [0.3, 0.4) is 0 Å². The SMILES string of the molecule is CC1(CCc2ccc(OC(F)F)cc2)CN=C(N)N1.